The van der Waals surface area contributed by atoms with Crippen LogP contribution in [0.5, 0.6) is 5.75 Å². The zero-order valence-electron chi connectivity index (χ0n) is 14.7. The number of amides is 3. The molecule has 1 fully saturated rings. The van der Waals surface area contributed by atoms with E-state index in [0.29, 0.717) is 32.5 Å². The number of fused-ring (bicyclic) bond motifs is 1. The zero-order chi connectivity index (χ0) is 19.4. The van der Waals surface area contributed by atoms with Crippen molar-refractivity contribution in [1.82, 2.24) is 15.5 Å². The van der Waals surface area contributed by atoms with Crippen molar-refractivity contribution in [3.8, 4) is 5.75 Å². The minimum absolute atomic E-state index is 0.101. The molecule has 0 unspecified atom stereocenters. The van der Waals surface area contributed by atoms with Crippen LogP contribution < -0.4 is 15.4 Å². The van der Waals surface area contributed by atoms with E-state index in [1.807, 2.05) is 29.6 Å². The van der Waals surface area contributed by atoms with E-state index in [0.717, 1.165) is 17.7 Å². The number of rotatable bonds is 4. The summed E-state index contributed by atoms with van der Waals surface area (Å²) in [5.74, 6) is 0.180. The van der Waals surface area contributed by atoms with E-state index in [-0.39, 0.29) is 5.92 Å². The van der Waals surface area contributed by atoms with Crippen LogP contribution in [-0.2, 0) is 11.2 Å². The van der Waals surface area contributed by atoms with E-state index in [4.69, 9.17) is 4.74 Å². The van der Waals surface area contributed by atoms with Gasteiger partial charge in [-0.25, -0.2) is 4.79 Å². The SMILES string of the molecule is O=C(NCC(F)(F)F)[C@H]1CCCN1C(=O)NC[C@H]1COc2ccccc2C1. The van der Waals surface area contributed by atoms with Gasteiger partial charge in [0, 0.05) is 19.0 Å². The van der Waals surface area contributed by atoms with Crippen molar-refractivity contribution in [2.75, 3.05) is 26.2 Å². The molecule has 0 saturated carbocycles. The van der Waals surface area contributed by atoms with Crippen molar-refractivity contribution in [3.05, 3.63) is 29.8 Å². The number of likely N-dealkylation sites (tertiary alicyclic amines) is 1. The van der Waals surface area contributed by atoms with Gasteiger partial charge in [0.25, 0.3) is 0 Å². The molecule has 2 aliphatic rings. The minimum Gasteiger partial charge on any atom is -0.493 e. The Kier molecular flexibility index (Phi) is 5.76. The molecule has 2 N–H and O–H groups in total. The van der Waals surface area contributed by atoms with Crippen LogP contribution in [0.2, 0.25) is 0 Å². The summed E-state index contributed by atoms with van der Waals surface area (Å²) in [5, 5.41) is 4.65. The number of carbonyl (C=O) groups is 2. The first kappa shape index (κ1) is 19.3. The number of para-hydroxylation sites is 1. The van der Waals surface area contributed by atoms with Gasteiger partial charge in [-0.1, -0.05) is 18.2 Å². The number of benzene rings is 1. The molecule has 0 bridgehead atoms. The summed E-state index contributed by atoms with van der Waals surface area (Å²) in [6.07, 6.45) is -2.76. The maximum Gasteiger partial charge on any atom is 0.405 e. The Morgan fingerprint density at radius 1 is 1.22 bits per heavy atom. The first-order chi connectivity index (χ1) is 12.8. The predicted molar refractivity (Wildman–Crippen MR) is 91.3 cm³/mol. The van der Waals surface area contributed by atoms with E-state index < -0.39 is 30.7 Å². The van der Waals surface area contributed by atoms with Crippen LogP contribution in [0.4, 0.5) is 18.0 Å². The van der Waals surface area contributed by atoms with Crippen LogP contribution in [0.15, 0.2) is 24.3 Å². The van der Waals surface area contributed by atoms with Crippen LogP contribution in [-0.4, -0.2) is 55.3 Å². The zero-order valence-corrected chi connectivity index (χ0v) is 14.7. The molecular weight excluding hydrogens is 363 g/mol. The molecule has 0 radical (unpaired) electrons. The Bertz CT molecular complexity index is 696. The fourth-order valence-electron chi connectivity index (χ4n) is 3.44. The molecule has 2 atom stereocenters. The van der Waals surface area contributed by atoms with E-state index in [1.54, 1.807) is 0 Å². The van der Waals surface area contributed by atoms with Crippen LogP contribution in [0, 0.1) is 5.92 Å². The number of hydrogen-bond acceptors (Lipinski definition) is 3. The summed E-state index contributed by atoms with van der Waals surface area (Å²) in [6, 6.07) is 6.41. The highest BCUT2D eigenvalue weighted by Crippen LogP contribution is 2.26. The van der Waals surface area contributed by atoms with E-state index in [1.165, 1.54) is 4.90 Å². The number of nitrogens with one attached hydrogen (secondary N) is 2. The monoisotopic (exact) mass is 385 g/mol. The Morgan fingerprint density at radius 3 is 2.78 bits per heavy atom. The average molecular weight is 385 g/mol. The Balaban J connectivity index is 1.49. The van der Waals surface area contributed by atoms with Gasteiger partial charge in [0.1, 0.15) is 18.3 Å². The predicted octanol–water partition coefficient (Wildman–Crippen LogP) is 2.09. The van der Waals surface area contributed by atoms with Crippen LogP contribution in [0.3, 0.4) is 0 Å². The highest BCUT2D eigenvalue weighted by Gasteiger charge is 2.36. The van der Waals surface area contributed by atoms with E-state index in [2.05, 4.69) is 5.32 Å². The van der Waals surface area contributed by atoms with Crippen molar-refractivity contribution in [3.63, 3.8) is 0 Å². The number of nitrogens with zero attached hydrogens (tertiary/aromatic N) is 1. The number of urea groups is 1. The van der Waals surface area contributed by atoms with Gasteiger partial charge in [0.05, 0.1) is 6.61 Å². The lowest BCUT2D eigenvalue weighted by Crippen LogP contribution is -2.51. The fraction of sp³-hybridized carbons (Fsp3) is 0.556. The van der Waals surface area contributed by atoms with Crippen molar-refractivity contribution in [2.45, 2.75) is 31.5 Å². The van der Waals surface area contributed by atoms with Gasteiger partial charge in [-0.05, 0) is 30.9 Å². The van der Waals surface area contributed by atoms with Crippen LogP contribution in [0.1, 0.15) is 18.4 Å². The number of carbonyl (C=O) groups excluding carboxylic acids is 2. The molecular formula is C18H22F3N3O3. The van der Waals surface area contributed by atoms with Crippen LogP contribution in [0.25, 0.3) is 0 Å². The molecule has 3 rings (SSSR count). The molecule has 6 nitrogen and oxygen atoms in total. The van der Waals surface area contributed by atoms with E-state index >= 15 is 0 Å². The van der Waals surface area contributed by atoms with Crippen LogP contribution >= 0.6 is 0 Å². The molecule has 3 amide bonds. The summed E-state index contributed by atoms with van der Waals surface area (Å²) in [4.78, 5) is 25.7. The third-order valence-corrected chi connectivity index (χ3v) is 4.78. The highest BCUT2D eigenvalue weighted by molar-refractivity contribution is 5.87. The molecule has 0 aromatic heterocycles. The van der Waals surface area contributed by atoms with Crippen molar-refractivity contribution >= 4 is 11.9 Å². The maximum atomic E-state index is 12.4. The Hall–Kier alpha value is -2.45. The van der Waals surface area contributed by atoms with Gasteiger partial charge < -0.3 is 20.3 Å². The lowest BCUT2D eigenvalue weighted by atomic mass is 9.97. The summed E-state index contributed by atoms with van der Waals surface area (Å²) >= 11 is 0. The van der Waals surface area contributed by atoms with Crippen molar-refractivity contribution < 1.29 is 27.5 Å². The van der Waals surface area contributed by atoms with Gasteiger partial charge in [-0.15, -0.1) is 0 Å². The van der Waals surface area contributed by atoms with Gasteiger partial charge in [-0.2, -0.15) is 13.2 Å². The number of alkyl halides is 3. The molecule has 2 heterocycles. The van der Waals surface area contributed by atoms with Crippen molar-refractivity contribution in [2.24, 2.45) is 5.92 Å². The smallest absolute Gasteiger partial charge is 0.405 e. The molecule has 2 aliphatic heterocycles. The third kappa shape index (κ3) is 5.05. The topological polar surface area (TPSA) is 70.7 Å². The fourth-order valence-corrected chi connectivity index (χ4v) is 3.44. The average Bonchev–Trinajstić information content (AvgIpc) is 3.13. The molecule has 0 aliphatic carbocycles. The second-order valence-corrected chi connectivity index (χ2v) is 6.86. The van der Waals surface area contributed by atoms with Gasteiger partial charge >= 0.3 is 12.2 Å². The normalized spacial score (nSPS) is 22.0. The summed E-state index contributed by atoms with van der Waals surface area (Å²) < 4.78 is 42.5. The molecule has 0 spiro atoms. The number of hydrogen-bond donors (Lipinski definition) is 2. The third-order valence-electron chi connectivity index (χ3n) is 4.78. The summed E-state index contributed by atoms with van der Waals surface area (Å²) in [6.45, 7) is -0.191. The number of ether oxygens (including phenoxy) is 1. The van der Waals surface area contributed by atoms with Gasteiger partial charge in [0.15, 0.2) is 0 Å². The molecule has 9 heteroatoms. The Morgan fingerprint density at radius 2 is 2.00 bits per heavy atom. The standard InChI is InChI=1S/C18H22F3N3O3/c19-18(20,21)11-23-16(25)14-5-3-7-24(14)17(26)22-9-12-8-13-4-1-2-6-15(13)27-10-12/h1-2,4,6,12,14H,3,5,7-11H2,(H,22,26)(H,23,25)/t12-,14+/m0/s1. The summed E-state index contributed by atoms with van der Waals surface area (Å²) in [7, 11) is 0. The highest BCUT2D eigenvalue weighted by atomic mass is 19.4. The molecule has 1 saturated heterocycles. The first-order valence-electron chi connectivity index (χ1n) is 8.93. The largest absolute Gasteiger partial charge is 0.493 e. The number of halogens is 3. The lowest BCUT2D eigenvalue weighted by Gasteiger charge is -2.28. The molecule has 1 aromatic rings. The van der Waals surface area contributed by atoms with Gasteiger partial charge in [0.2, 0.25) is 5.91 Å². The van der Waals surface area contributed by atoms with Gasteiger partial charge in [-0.3, -0.25) is 4.79 Å². The maximum absolute atomic E-state index is 12.4. The van der Waals surface area contributed by atoms with Crippen molar-refractivity contribution in [1.29, 1.82) is 0 Å². The molecule has 148 valence electrons. The Labute approximate surface area is 155 Å². The lowest BCUT2D eigenvalue weighted by molar-refractivity contribution is -0.140. The summed E-state index contributed by atoms with van der Waals surface area (Å²) in [5.41, 5.74) is 1.08. The second kappa shape index (κ2) is 8.06. The quantitative estimate of drug-likeness (QED) is 0.834. The molecule has 1 aromatic carbocycles. The minimum atomic E-state index is -4.47. The first-order valence-corrected chi connectivity index (χ1v) is 8.93. The second-order valence-electron chi connectivity index (χ2n) is 6.86. The molecule has 27 heavy (non-hydrogen) atoms. The van der Waals surface area contributed by atoms with E-state index in [9.17, 15) is 22.8 Å².